The van der Waals surface area contributed by atoms with Crippen LogP contribution in [0.25, 0.3) is 0 Å². The van der Waals surface area contributed by atoms with E-state index in [0.717, 1.165) is 12.2 Å². The highest BCUT2D eigenvalue weighted by Gasteiger charge is 2.20. The van der Waals surface area contributed by atoms with E-state index in [1.165, 1.54) is 7.11 Å². The van der Waals surface area contributed by atoms with Crippen LogP contribution in [0.5, 0.6) is 0 Å². The molecule has 0 saturated carbocycles. The number of hydrogen-bond acceptors (Lipinski definition) is 4. The van der Waals surface area contributed by atoms with Gasteiger partial charge in [-0.3, -0.25) is 14.3 Å². The van der Waals surface area contributed by atoms with Gasteiger partial charge in [-0.15, -0.1) is 0 Å². The first-order valence-corrected chi connectivity index (χ1v) is 6.09. The maximum Gasteiger partial charge on any atom is 0.173 e. The number of Topliss-reactive ketones (excluding diaryl/α,β-unsaturated/α-hetero) is 2. The Morgan fingerprint density at radius 1 is 1.33 bits per heavy atom. The molecule has 1 aromatic rings. The summed E-state index contributed by atoms with van der Waals surface area (Å²) in [6.45, 7) is 6.70. The van der Waals surface area contributed by atoms with Crippen LogP contribution < -0.4 is 0 Å². The number of carbonyl (C=O) groups excluding carboxylic acids is 2. The molecule has 0 aromatic carbocycles. The molecule has 0 unspecified atom stereocenters. The van der Waals surface area contributed by atoms with Gasteiger partial charge in [0.25, 0.3) is 0 Å². The second-order valence-corrected chi connectivity index (χ2v) is 4.24. The van der Waals surface area contributed by atoms with Gasteiger partial charge in [0.2, 0.25) is 0 Å². The number of hydrogen-bond donors (Lipinski definition) is 0. The normalized spacial score (nSPS) is 10.7. The Kier molecular flexibility index (Phi) is 5.22. The summed E-state index contributed by atoms with van der Waals surface area (Å²) in [5.74, 6) is -0.240. The van der Waals surface area contributed by atoms with E-state index in [2.05, 4.69) is 5.10 Å². The third kappa shape index (κ3) is 3.26. The van der Waals surface area contributed by atoms with Gasteiger partial charge in [0, 0.05) is 25.8 Å². The maximum absolute atomic E-state index is 12.1. The molecule has 5 nitrogen and oxygen atoms in total. The molecule has 100 valence electrons. The van der Waals surface area contributed by atoms with Crippen molar-refractivity contribution in [2.75, 3.05) is 13.7 Å². The smallest absolute Gasteiger partial charge is 0.173 e. The number of methoxy groups -OCH3 is 1. The SMILES string of the molecule is CCn1nc(C)c(C(=O)CC(=O)CCOC)c1C. The van der Waals surface area contributed by atoms with Crippen molar-refractivity contribution in [2.45, 2.75) is 40.2 Å². The van der Waals surface area contributed by atoms with Gasteiger partial charge in [-0.2, -0.15) is 5.10 Å². The molecule has 1 rings (SSSR count). The Morgan fingerprint density at radius 3 is 2.50 bits per heavy atom. The summed E-state index contributed by atoms with van der Waals surface area (Å²) < 4.78 is 6.60. The van der Waals surface area contributed by atoms with Crippen molar-refractivity contribution in [2.24, 2.45) is 0 Å². The predicted octanol–water partition coefficient (Wildman–Crippen LogP) is 1.70. The van der Waals surface area contributed by atoms with Crippen molar-refractivity contribution in [1.29, 1.82) is 0 Å². The van der Waals surface area contributed by atoms with Crippen LogP contribution in [0.2, 0.25) is 0 Å². The number of ketones is 2. The number of nitrogens with zero attached hydrogens (tertiary/aromatic N) is 2. The fourth-order valence-corrected chi connectivity index (χ4v) is 1.98. The fraction of sp³-hybridized carbons (Fsp3) is 0.615. The van der Waals surface area contributed by atoms with Crippen LogP contribution in [0, 0.1) is 13.8 Å². The van der Waals surface area contributed by atoms with E-state index in [0.29, 0.717) is 17.9 Å². The van der Waals surface area contributed by atoms with Crippen LogP contribution in [0.15, 0.2) is 0 Å². The van der Waals surface area contributed by atoms with Gasteiger partial charge in [-0.1, -0.05) is 0 Å². The van der Waals surface area contributed by atoms with Crippen LogP contribution in [-0.2, 0) is 16.1 Å². The van der Waals surface area contributed by atoms with E-state index in [9.17, 15) is 9.59 Å². The van der Waals surface area contributed by atoms with E-state index < -0.39 is 0 Å². The maximum atomic E-state index is 12.1. The van der Waals surface area contributed by atoms with E-state index >= 15 is 0 Å². The minimum absolute atomic E-state index is 0.0690. The Bertz CT molecular complexity index is 449. The molecular formula is C13H20N2O3. The highest BCUT2D eigenvalue weighted by Crippen LogP contribution is 2.15. The largest absolute Gasteiger partial charge is 0.384 e. The molecule has 0 aliphatic rings. The zero-order valence-corrected chi connectivity index (χ0v) is 11.4. The molecular weight excluding hydrogens is 232 g/mol. The van der Waals surface area contributed by atoms with Gasteiger partial charge in [-0.25, -0.2) is 0 Å². The molecule has 0 spiro atoms. The molecule has 0 aliphatic heterocycles. The number of aromatic nitrogens is 2. The van der Waals surface area contributed by atoms with Crippen molar-refractivity contribution >= 4 is 11.6 Å². The number of rotatable bonds is 7. The van der Waals surface area contributed by atoms with Crippen LogP contribution in [0.3, 0.4) is 0 Å². The lowest BCUT2D eigenvalue weighted by Crippen LogP contribution is -2.12. The van der Waals surface area contributed by atoms with Crippen LogP contribution in [-0.4, -0.2) is 35.1 Å². The van der Waals surface area contributed by atoms with Gasteiger partial charge < -0.3 is 4.74 Å². The standard InChI is InChI=1S/C13H20N2O3/c1-5-15-10(3)13(9(2)14-15)12(17)8-11(16)6-7-18-4/h5-8H2,1-4H3. The Labute approximate surface area is 107 Å². The molecule has 5 heteroatoms. The first-order chi connectivity index (χ1) is 8.51. The molecule has 1 aromatic heterocycles. The van der Waals surface area contributed by atoms with Gasteiger partial charge in [0.15, 0.2) is 5.78 Å². The molecule has 0 atom stereocenters. The monoisotopic (exact) mass is 252 g/mol. The number of carbonyl (C=O) groups is 2. The Hall–Kier alpha value is -1.49. The van der Waals surface area contributed by atoms with Gasteiger partial charge in [0.1, 0.15) is 5.78 Å². The summed E-state index contributed by atoms with van der Waals surface area (Å²) in [5.41, 5.74) is 2.11. The zero-order valence-electron chi connectivity index (χ0n) is 11.4. The van der Waals surface area contributed by atoms with Crippen molar-refractivity contribution in [3.05, 3.63) is 17.0 Å². The van der Waals surface area contributed by atoms with Crippen molar-refractivity contribution in [3.8, 4) is 0 Å². The molecule has 0 bridgehead atoms. The van der Waals surface area contributed by atoms with E-state index in [1.807, 2.05) is 13.8 Å². The summed E-state index contributed by atoms with van der Waals surface area (Å²) in [5, 5.41) is 4.28. The quantitative estimate of drug-likeness (QED) is 0.547. The molecule has 0 amide bonds. The number of ether oxygens (including phenoxy) is 1. The van der Waals surface area contributed by atoms with Gasteiger partial charge in [0.05, 0.1) is 24.3 Å². The van der Waals surface area contributed by atoms with E-state index in [4.69, 9.17) is 4.74 Å². The minimum atomic E-state index is -0.147. The van der Waals surface area contributed by atoms with E-state index in [-0.39, 0.29) is 24.4 Å². The summed E-state index contributed by atoms with van der Waals surface area (Å²) >= 11 is 0. The summed E-state index contributed by atoms with van der Waals surface area (Å²) in [6, 6.07) is 0. The van der Waals surface area contributed by atoms with Crippen molar-refractivity contribution in [3.63, 3.8) is 0 Å². The Morgan fingerprint density at radius 2 is 2.00 bits per heavy atom. The third-order valence-electron chi connectivity index (χ3n) is 2.90. The van der Waals surface area contributed by atoms with Crippen molar-refractivity contribution < 1.29 is 14.3 Å². The average Bonchev–Trinajstić information content (AvgIpc) is 2.61. The van der Waals surface area contributed by atoms with Gasteiger partial charge in [-0.05, 0) is 20.8 Å². The van der Waals surface area contributed by atoms with Crippen LogP contribution in [0.4, 0.5) is 0 Å². The molecule has 1 heterocycles. The highest BCUT2D eigenvalue weighted by molar-refractivity contribution is 6.09. The Balaban J connectivity index is 2.78. The average molecular weight is 252 g/mol. The van der Waals surface area contributed by atoms with Crippen LogP contribution in [0.1, 0.15) is 41.5 Å². The van der Waals surface area contributed by atoms with E-state index in [1.54, 1.807) is 11.6 Å². The first kappa shape index (κ1) is 14.6. The molecule has 0 aliphatic carbocycles. The lowest BCUT2D eigenvalue weighted by molar-refractivity contribution is -0.119. The zero-order chi connectivity index (χ0) is 13.7. The molecule has 0 N–H and O–H groups in total. The first-order valence-electron chi connectivity index (χ1n) is 6.09. The lowest BCUT2D eigenvalue weighted by Gasteiger charge is -2.02. The highest BCUT2D eigenvalue weighted by atomic mass is 16.5. The molecule has 0 radical (unpaired) electrons. The fourth-order valence-electron chi connectivity index (χ4n) is 1.98. The summed E-state index contributed by atoms with van der Waals surface area (Å²) in [6.07, 6.45) is 0.211. The molecule has 18 heavy (non-hydrogen) atoms. The predicted molar refractivity (Wildman–Crippen MR) is 67.8 cm³/mol. The second kappa shape index (κ2) is 6.44. The van der Waals surface area contributed by atoms with Crippen LogP contribution >= 0.6 is 0 Å². The third-order valence-corrected chi connectivity index (χ3v) is 2.90. The van der Waals surface area contributed by atoms with Crippen molar-refractivity contribution in [1.82, 2.24) is 9.78 Å². The number of aryl methyl sites for hydroxylation is 2. The summed E-state index contributed by atoms with van der Waals surface area (Å²) in [4.78, 5) is 23.6. The van der Waals surface area contributed by atoms with Gasteiger partial charge >= 0.3 is 0 Å². The second-order valence-electron chi connectivity index (χ2n) is 4.24. The minimum Gasteiger partial charge on any atom is -0.384 e. The lowest BCUT2D eigenvalue weighted by atomic mass is 10.0. The summed E-state index contributed by atoms with van der Waals surface area (Å²) in [7, 11) is 1.54. The molecule has 0 fully saturated rings. The molecule has 0 saturated heterocycles. The topological polar surface area (TPSA) is 61.2 Å².